The zero-order valence-electron chi connectivity index (χ0n) is 8.62. The first-order chi connectivity index (χ1) is 6.13. The maximum absolute atomic E-state index is 10.2. The lowest BCUT2D eigenvalue weighted by Crippen LogP contribution is -1.93. The molecule has 0 fully saturated rings. The molecule has 0 rings (SSSR count). The monoisotopic (exact) mass is 184 g/mol. The lowest BCUT2D eigenvalue weighted by atomic mass is 10.1. The van der Waals surface area contributed by atoms with Gasteiger partial charge in [-0.15, -0.1) is 0 Å². The fraction of sp³-hybridized carbons (Fsp3) is 0.727. The van der Waals surface area contributed by atoms with Crippen molar-refractivity contribution in [2.45, 2.75) is 46.0 Å². The van der Waals surface area contributed by atoms with Gasteiger partial charge >= 0.3 is 5.97 Å². The first-order valence-corrected chi connectivity index (χ1v) is 5.01. The molecular formula is C11H20O2. The van der Waals surface area contributed by atoms with E-state index in [1.54, 1.807) is 0 Å². The Morgan fingerprint density at radius 1 is 1.31 bits per heavy atom. The smallest absolute Gasteiger partial charge is 0.303 e. The lowest BCUT2D eigenvalue weighted by Gasteiger charge is -1.96. The van der Waals surface area contributed by atoms with Gasteiger partial charge in [-0.05, 0) is 25.2 Å². The van der Waals surface area contributed by atoms with Gasteiger partial charge in [-0.2, -0.15) is 0 Å². The van der Waals surface area contributed by atoms with Crippen LogP contribution in [0.3, 0.4) is 0 Å². The topological polar surface area (TPSA) is 37.3 Å². The van der Waals surface area contributed by atoms with Gasteiger partial charge in [0.25, 0.3) is 0 Å². The molecule has 0 aromatic carbocycles. The average Bonchev–Trinajstić information content (AvgIpc) is 2.01. The summed E-state index contributed by atoms with van der Waals surface area (Å²) >= 11 is 0. The molecule has 0 heterocycles. The van der Waals surface area contributed by atoms with E-state index in [9.17, 15) is 4.79 Å². The van der Waals surface area contributed by atoms with Crippen LogP contribution in [0.25, 0.3) is 0 Å². The number of unbranched alkanes of at least 4 members (excludes halogenated alkanes) is 3. The summed E-state index contributed by atoms with van der Waals surface area (Å²) in [5, 5.41) is 8.37. The predicted octanol–water partition coefficient (Wildman–Crippen LogP) is 3.23. The summed E-state index contributed by atoms with van der Waals surface area (Å²) < 4.78 is 0. The summed E-state index contributed by atoms with van der Waals surface area (Å²) in [6.45, 7) is 4.31. The van der Waals surface area contributed by atoms with Gasteiger partial charge in [-0.3, -0.25) is 4.79 Å². The second-order valence-corrected chi connectivity index (χ2v) is 3.67. The number of rotatable bonds is 7. The highest BCUT2D eigenvalue weighted by molar-refractivity contribution is 5.66. The van der Waals surface area contributed by atoms with E-state index < -0.39 is 5.97 Å². The molecule has 0 aliphatic carbocycles. The van der Waals surface area contributed by atoms with Crippen LogP contribution in [-0.2, 0) is 4.79 Å². The van der Waals surface area contributed by atoms with Crippen molar-refractivity contribution in [2.24, 2.45) is 5.92 Å². The maximum atomic E-state index is 10.2. The van der Waals surface area contributed by atoms with Gasteiger partial charge in [-0.1, -0.05) is 32.4 Å². The highest BCUT2D eigenvalue weighted by Crippen LogP contribution is 2.04. The summed E-state index contributed by atoms with van der Waals surface area (Å²) in [7, 11) is 0. The summed E-state index contributed by atoms with van der Waals surface area (Å²) in [6, 6.07) is 0. The van der Waals surface area contributed by atoms with Crippen molar-refractivity contribution in [3.05, 3.63) is 12.2 Å². The molecule has 0 radical (unpaired) electrons. The molecule has 13 heavy (non-hydrogen) atoms. The van der Waals surface area contributed by atoms with Crippen LogP contribution in [0, 0.1) is 5.92 Å². The van der Waals surface area contributed by atoms with E-state index in [0.717, 1.165) is 25.7 Å². The van der Waals surface area contributed by atoms with Crippen molar-refractivity contribution in [2.75, 3.05) is 0 Å². The van der Waals surface area contributed by atoms with Gasteiger partial charge in [0, 0.05) is 6.42 Å². The van der Waals surface area contributed by atoms with E-state index in [1.165, 1.54) is 0 Å². The Balaban J connectivity index is 3.12. The first-order valence-electron chi connectivity index (χ1n) is 5.01. The third-order valence-electron chi connectivity index (χ3n) is 1.78. The summed E-state index contributed by atoms with van der Waals surface area (Å²) in [6.07, 6.45) is 8.71. The zero-order valence-corrected chi connectivity index (χ0v) is 8.62. The molecule has 0 atom stereocenters. The van der Waals surface area contributed by atoms with Gasteiger partial charge in [0.15, 0.2) is 0 Å². The molecule has 0 saturated carbocycles. The number of carboxylic acids is 1. The molecule has 0 spiro atoms. The van der Waals surface area contributed by atoms with Gasteiger partial charge < -0.3 is 5.11 Å². The molecular weight excluding hydrogens is 164 g/mol. The third kappa shape index (κ3) is 11.2. The molecule has 2 heteroatoms. The van der Waals surface area contributed by atoms with Crippen LogP contribution >= 0.6 is 0 Å². The molecule has 0 unspecified atom stereocenters. The number of carboxylic acid groups (broad SMARTS) is 1. The Hall–Kier alpha value is -0.790. The van der Waals surface area contributed by atoms with Gasteiger partial charge in [0.1, 0.15) is 0 Å². The average molecular weight is 184 g/mol. The van der Waals surface area contributed by atoms with Gasteiger partial charge in [0.05, 0.1) is 0 Å². The summed E-state index contributed by atoms with van der Waals surface area (Å²) in [5.41, 5.74) is 0. The Bertz CT molecular complexity index is 159. The molecule has 76 valence electrons. The van der Waals surface area contributed by atoms with E-state index in [4.69, 9.17) is 5.11 Å². The number of aliphatic carboxylic acids is 1. The van der Waals surface area contributed by atoms with Crippen LogP contribution in [0.2, 0.25) is 0 Å². The van der Waals surface area contributed by atoms with Crippen LogP contribution in [0.5, 0.6) is 0 Å². The third-order valence-corrected chi connectivity index (χ3v) is 1.78. The van der Waals surface area contributed by atoms with Crippen LogP contribution < -0.4 is 0 Å². The van der Waals surface area contributed by atoms with E-state index >= 15 is 0 Å². The highest BCUT2D eigenvalue weighted by atomic mass is 16.4. The number of allylic oxidation sites excluding steroid dienone is 2. The largest absolute Gasteiger partial charge is 0.481 e. The number of hydrogen-bond acceptors (Lipinski definition) is 1. The Kier molecular flexibility index (Phi) is 7.36. The van der Waals surface area contributed by atoms with E-state index in [1.807, 2.05) is 0 Å². The molecule has 0 saturated heterocycles. The summed E-state index contributed by atoms with van der Waals surface area (Å²) in [4.78, 5) is 10.2. The van der Waals surface area contributed by atoms with Crippen LogP contribution in [0.4, 0.5) is 0 Å². The minimum atomic E-state index is -0.683. The fourth-order valence-electron chi connectivity index (χ4n) is 1.08. The van der Waals surface area contributed by atoms with Crippen LogP contribution in [0.15, 0.2) is 12.2 Å². The van der Waals surface area contributed by atoms with Crippen molar-refractivity contribution in [1.82, 2.24) is 0 Å². The van der Waals surface area contributed by atoms with Crippen molar-refractivity contribution in [3.8, 4) is 0 Å². The van der Waals surface area contributed by atoms with Crippen molar-refractivity contribution in [3.63, 3.8) is 0 Å². The van der Waals surface area contributed by atoms with Crippen molar-refractivity contribution >= 4 is 5.97 Å². The van der Waals surface area contributed by atoms with Gasteiger partial charge in [0.2, 0.25) is 0 Å². The van der Waals surface area contributed by atoms with Gasteiger partial charge in [-0.25, -0.2) is 0 Å². The number of hydrogen-bond donors (Lipinski definition) is 1. The van der Waals surface area contributed by atoms with Crippen LogP contribution in [-0.4, -0.2) is 11.1 Å². The van der Waals surface area contributed by atoms with Crippen LogP contribution in [0.1, 0.15) is 46.0 Å². The Labute approximate surface area is 80.7 Å². The summed E-state index contributed by atoms with van der Waals surface area (Å²) in [5.74, 6) is -0.0586. The van der Waals surface area contributed by atoms with E-state index in [-0.39, 0.29) is 0 Å². The molecule has 0 aromatic rings. The Morgan fingerprint density at radius 2 is 2.00 bits per heavy atom. The maximum Gasteiger partial charge on any atom is 0.303 e. The molecule has 0 bridgehead atoms. The minimum Gasteiger partial charge on any atom is -0.481 e. The SMILES string of the molecule is CC(C)/C=C/CCCCCC(=O)O. The van der Waals surface area contributed by atoms with E-state index in [0.29, 0.717) is 12.3 Å². The minimum absolute atomic E-state index is 0.313. The first kappa shape index (κ1) is 12.2. The quantitative estimate of drug-likeness (QED) is 0.487. The van der Waals surface area contributed by atoms with E-state index in [2.05, 4.69) is 26.0 Å². The second kappa shape index (κ2) is 7.84. The molecule has 0 aliphatic heterocycles. The molecule has 1 N–H and O–H groups in total. The molecule has 0 amide bonds. The molecule has 2 nitrogen and oxygen atoms in total. The van der Waals surface area contributed by atoms with Crippen molar-refractivity contribution < 1.29 is 9.90 Å². The zero-order chi connectivity index (χ0) is 10.1. The molecule has 0 aromatic heterocycles. The molecule has 0 aliphatic rings. The number of carbonyl (C=O) groups is 1. The fourth-order valence-corrected chi connectivity index (χ4v) is 1.08. The lowest BCUT2D eigenvalue weighted by molar-refractivity contribution is -0.137. The highest BCUT2D eigenvalue weighted by Gasteiger charge is 1.94. The predicted molar refractivity (Wildman–Crippen MR) is 54.7 cm³/mol. The second-order valence-electron chi connectivity index (χ2n) is 3.67. The van der Waals surface area contributed by atoms with Crippen molar-refractivity contribution in [1.29, 1.82) is 0 Å². The standard InChI is InChI=1S/C11H20O2/c1-10(2)8-6-4-3-5-7-9-11(12)13/h6,8,10H,3-5,7,9H2,1-2H3,(H,12,13)/b8-6+. The normalized spacial score (nSPS) is 11.3. The Morgan fingerprint density at radius 3 is 2.54 bits per heavy atom.